The number of methoxy groups -OCH3 is 1. The number of halogens is 1. The van der Waals surface area contributed by atoms with Crippen LogP contribution in [0.2, 0.25) is 5.02 Å². The molecule has 1 saturated heterocycles. The first-order valence-electron chi connectivity index (χ1n) is 9.27. The number of benzene rings is 3. The van der Waals surface area contributed by atoms with Gasteiger partial charge in [0.05, 0.1) is 18.7 Å². The Morgan fingerprint density at radius 1 is 0.967 bits per heavy atom. The minimum absolute atomic E-state index is 0.0244. The molecule has 0 aromatic heterocycles. The highest BCUT2D eigenvalue weighted by molar-refractivity contribution is 6.51. The van der Waals surface area contributed by atoms with Crippen LogP contribution in [-0.4, -0.2) is 23.9 Å². The van der Waals surface area contributed by atoms with E-state index in [9.17, 15) is 14.7 Å². The van der Waals surface area contributed by atoms with Crippen molar-refractivity contribution in [3.05, 3.63) is 101 Å². The monoisotopic (exact) mass is 419 g/mol. The SMILES string of the molecule is COc1cccc(N2C(=O)C(=O)C(=C(O)c3ccccc3)C2c2ccc(Cl)cc2)c1. The number of aliphatic hydroxyl groups is 1. The summed E-state index contributed by atoms with van der Waals surface area (Å²) in [5, 5.41) is 11.5. The minimum Gasteiger partial charge on any atom is -0.507 e. The molecule has 1 aliphatic heterocycles. The number of anilines is 1. The van der Waals surface area contributed by atoms with Gasteiger partial charge in [0.1, 0.15) is 11.5 Å². The van der Waals surface area contributed by atoms with Gasteiger partial charge in [0.25, 0.3) is 11.7 Å². The van der Waals surface area contributed by atoms with Gasteiger partial charge in [-0.15, -0.1) is 0 Å². The maximum atomic E-state index is 13.1. The van der Waals surface area contributed by atoms with Gasteiger partial charge in [0, 0.05) is 22.3 Å². The number of amides is 1. The van der Waals surface area contributed by atoms with Crippen molar-refractivity contribution in [2.75, 3.05) is 12.0 Å². The molecule has 6 heteroatoms. The highest BCUT2D eigenvalue weighted by atomic mass is 35.5. The van der Waals surface area contributed by atoms with Crippen molar-refractivity contribution >= 4 is 34.7 Å². The predicted octanol–water partition coefficient (Wildman–Crippen LogP) is 4.97. The molecule has 1 amide bonds. The Balaban J connectivity index is 1.94. The van der Waals surface area contributed by atoms with Gasteiger partial charge in [-0.25, -0.2) is 0 Å². The number of hydrogen-bond acceptors (Lipinski definition) is 4. The van der Waals surface area contributed by atoms with Crippen LogP contribution >= 0.6 is 11.6 Å². The van der Waals surface area contributed by atoms with Gasteiger partial charge in [0.15, 0.2) is 0 Å². The summed E-state index contributed by atoms with van der Waals surface area (Å²) in [6.07, 6.45) is 0. The molecule has 1 fully saturated rings. The lowest BCUT2D eigenvalue weighted by atomic mass is 9.95. The number of carbonyl (C=O) groups is 2. The van der Waals surface area contributed by atoms with E-state index in [2.05, 4.69) is 0 Å². The fourth-order valence-corrected chi connectivity index (χ4v) is 3.70. The Morgan fingerprint density at radius 3 is 2.33 bits per heavy atom. The van der Waals surface area contributed by atoms with Crippen molar-refractivity contribution in [1.29, 1.82) is 0 Å². The first-order valence-corrected chi connectivity index (χ1v) is 9.65. The smallest absolute Gasteiger partial charge is 0.300 e. The molecule has 1 unspecified atom stereocenters. The molecule has 3 aromatic carbocycles. The lowest BCUT2D eigenvalue weighted by Gasteiger charge is -2.25. The van der Waals surface area contributed by atoms with E-state index in [4.69, 9.17) is 16.3 Å². The average molecular weight is 420 g/mol. The molecule has 4 rings (SSSR count). The second-order valence-electron chi connectivity index (χ2n) is 6.79. The lowest BCUT2D eigenvalue weighted by Crippen LogP contribution is -2.29. The van der Waals surface area contributed by atoms with Gasteiger partial charge in [-0.1, -0.05) is 60.1 Å². The zero-order valence-corrected chi connectivity index (χ0v) is 16.8. The molecule has 0 spiro atoms. The third-order valence-corrected chi connectivity index (χ3v) is 5.26. The molecule has 150 valence electrons. The topological polar surface area (TPSA) is 66.8 Å². The summed E-state index contributed by atoms with van der Waals surface area (Å²) in [6.45, 7) is 0. The van der Waals surface area contributed by atoms with E-state index in [0.717, 1.165) is 0 Å². The molecule has 5 nitrogen and oxygen atoms in total. The van der Waals surface area contributed by atoms with Crippen LogP contribution in [0.25, 0.3) is 5.76 Å². The molecule has 1 atom stereocenters. The van der Waals surface area contributed by atoms with E-state index in [1.807, 2.05) is 6.07 Å². The second-order valence-corrected chi connectivity index (χ2v) is 7.22. The Labute approximate surface area is 178 Å². The van der Waals surface area contributed by atoms with E-state index >= 15 is 0 Å². The molecule has 0 bridgehead atoms. The number of hydrogen-bond donors (Lipinski definition) is 1. The number of carbonyl (C=O) groups excluding carboxylic acids is 2. The maximum absolute atomic E-state index is 13.1. The summed E-state index contributed by atoms with van der Waals surface area (Å²) in [4.78, 5) is 27.5. The fourth-order valence-electron chi connectivity index (χ4n) is 3.57. The van der Waals surface area contributed by atoms with Crippen LogP contribution in [0.3, 0.4) is 0 Å². The molecule has 0 aliphatic carbocycles. The third-order valence-electron chi connectivity index (χ3n) is 5.01. The molecule has 0 saturated carbocycles. The van der Waals surface area contributed by atoms with Crippen LogP contribution in [0.4, 0.5) is 5.69 Å². The number of rotatable bonds is 4. The standard InChI is InChI=1S/C24H18ClNO4/c1-30-19-9-5-8-18(14-19)26-21(15-10-12-17(25)13-11-15)20(23(28)24(26)29)22(27)16-6-3-2-4-7-16/h2-14,21,27H,1H3. The second kappa shape index (κ2) is 8.05. The van der Waals surface area contributed by atoms with E-state index < -0.39 is 17.7 Å². The summed E-state index contributed by atoms with van der Waals surface area (Å²) in [6, 6.07) is 21.6. The number of ether oxygens (including phenoxy) is 1. The summed E-state index contributed by atoms with van der Waals surface area (Å²) >= 11 is 6.04. The molecule has 1 aliphatic rings. The number of aliphatic hydroxyl groups excluding tert-OH is 1. The summed E-state index contributed by atoms with van der Waals surface area (Å²) < 4.78 is 5.28. The third kappa shape index (κ3) is 3.44. The number of nitrogens with zero attached hydrogens (tertiary/aromatic N) is 1. The first-order chi connectivity index (χ1) is 14.5. The highest BCUT2D eigenvalue weighted by Gasteiger charge is 2.47. The fraction of sp³-hybridized carbons (Fsp3) is 0.0833. The first kappa shape index (κ1) is 19.7. The highest BCUT2D eigenvalue weighted by Crippen LogP contribution is 2.42. The van der Waals surface area contributed by atoms with E-state index in [1.165, 1.54) is 12.0 Å². The van der Waals surface area contributed by atoms with Crippen molar-refractivity contribution in [3.63, 3.8) is 0 Å². The van der Waals surface area contributed by atoms with Crippen LogP contribution in [0.5, 0.6) is 5.75 Å². The Hall–Kier alpha value is -3.57. The van der Waals surface area contributed by atoms with Gasteiger partial charge in [-0.2, -0.15) is 0 Å². The van der Waals surface area contributed by atoms with Crippen LogP contribution in [0, 0.1) is 0 Å². The summed E-state index contributed by atoms with van der Waals surface area (Å²) in [5.74, 6) is -1.15. The van der Waals surface area contributed by atoms with Gasteiger partial charge in [-0.3, -0.25) is 14.5 Å². The van der Waals surface area contributed by atoms with Crippen molar-refractivity contribution < 1.29 is 19.4 Å². The van der Waals surface area contributed by atoms with Crippen molar-refractivity contribution in [2.24, 2.45) is 0 Å². The largest absolute Gasteiger partial charge is 0.507 e. The molecule has 1 N–H and O–H groups in total. The van der Waals surface area contributed by atoms with Crippen molar-refractivity contribution in [1.82, 2.24) is 0 Å². The van der Waals surface area contributed by atoms with Crippen LogP contribution in [0.15, 0.2) is 84.4 Å². The molecule has 30 heavy (non-hydrogen) atoms. The van der Waals surface area contributed by atoms with E-state index in [0.29, 0.717) is 27.6 Å². The van der Waals surface area contributed by atoms with Gasteiger partial charge in [0.2, 0.25) is 0 Å². The van der Waals surface area contributed by atoms with Crippen molar-refractivity contribution in [2.45, 2.75) is 6.04 Å². The average Bonchev–Trinajstić information content (AvgIpc) is 3.05. The Morgan fingerprint density at radius 2 is 1.67 bits per heavy atom. The van der Waals surface area contributed by atoms with Crippen LogP contribution < -0.4 is 9.64 Å². The zero-order valence-electron chi connectivity index (χ0n) is 16.1. The predicted molar refractivity (Wildman–Crippen MR) is 116 cm³/mol. The minimum atomic E-state index is -0.811. The summed E-state index contributed by atoms with van der Waals surface area (Å²) in [7, 11) is 1.53. The number of Topliss-reactive ketones (excluding diaryl/α,β-unsaturated/α-hetero) is 1. The Kier molecular flexibility index (Phi) is 5.29. The maximum Gasteiger partial charge on any atom is 0.300 e. The molecule has 0 radical (unpaired) electrons. The quantitative estimate of drug-likeness (QED) is 0.368. The van der Waals surface area contributed by atoms with Gasteiger partial charge >= 0.3 is 0 Å². The van der Waals surface area contributed by atoms with E-state index in [1.54, 1.807) is 72.8 Å². The molecule has 3 aromatic rings. The van der Waals surface area contributed by atoms with Gasteiger partial charge < -0.3 is 9.84 Å². The van der Waals surface area contributed by atoms with Gasteiger partial charge in [-0.05, 0) is 29.8 Å². The molecular weight excluding hydrogens is 402 g/mol. The van der Waals surface area contributed by atoms with Crippen LogP contribution in [-0.2, 0) is 9.59 Å². The normalized spacial score (nSPS) is 17.9. The number of ketones is 1. The Bertz CT molecular complexity index is 1140. The van der Waals surface area contributed by atoms with Crippen molar-refractivity contribution in [3.8, 4) is 5.75 Å². The van der Waals surface area contributed by atoms with E-state index in [-0.39, 0.29) is 11.3 Å². The zero-order chi connectivity index (χ0) is 21.3. The lowest BCUT2D eigenvalue weighted by molar-refractivity contribution is -0.132. The molecular formula is C24H18ClNO4. The van der Waals surface area contributed by atoms with Crippen LogP contribution in [0.1, 0.15) is 17.2 Å². The molecule has 1 heterocycles. The summed E-state index contributed by atoms with van der Waals surface area (Å²) in [5.41, 5.74) is 1.62.